The van der Waals surface area contributed by atoms with Crippen LogP contribution in [-0.2, 0) is 38.0 Å². The van der Waals surface area contributed by atoms with Gasteiger partial charge in [-0.05, 0) is 89.9 Å². The Morgan fingerprint density at radius 1 is 0.485 bits per heavy atom. The van der Waals surface area contributed by atoms with Crippen molar-refractivity contribution >= 4 is 11.9 Å². The zero-order valence-corrected chi connectivity index (χ0v) is 39.1. The van der Waals surface area contributed by atoms with Crippen LogP contribution in [0.5, 0.6) is 0 Å². The monoisotopic (exact) mass is 933 g/mol. The molecule has 0 saturated carbocycles. The number of carbonyl (C=O) groups is 2. The molecular formula is C51H80O15. The molecule has 0 aromatic rings. The smallest absolute Gasteiger partial charge is 0.306 e. The molecule has 0 spiro atoms. The quantitative estimate of drug-likeness (QED) is 0.0229. The third-order valence-corrected chi connectivity index (χ3v) is 10.6. The minimum Gasteiger partial charge on any atom is -0.462 e. The molecule has 2 rings (SSSR count). The van der Waals surface area contributed by atoms with Crippen LogP contribution in [-0.4, -0.2) is 142 Å². The van der Waals surface area contributed by atoms with Crippen LogP contribution in [0.15, 0.2) is 97.2 Å². The van der Waals surface area contributed by atoms with Gasteiger partial charge in [0.25, 0.3) is 0 Å². The highest BCUT2D eigenvalue weighted by Crippen LogP contribution is 2.26. The molecule has 2 aliphatic rings. The zero-order chi connectivity index (χ0) is 48.2. The van der Waals surface area contributed by atoms with Crippen LogP contribution in [0.4, 0.5) is 0 Å². The van der Waals surface area contributed by atoms with Crippen LogP contribution in [0.2, 0.25) is 0 Å². The number of unbranched alkanes of at least 4 members (excludes halogenated alkanes) is 4. The van der Waals surface area contributed by atoms with Crippen molar-refractivity contribution in [2.75, 3.05) is 26.4 Å². The average Bonchev–Trinajstić information content (AvgIpc) is 3.31. The summed E-state index contributed by atoms with van der Waals surface area (Å²) in [5, 5.41) is 72.0. The van der Waals surface area contributed by atoms with Crippen LogP contribution in [0.25, 0.3) is 0 Å². The average molecular weight is 933 g/mol. The fourth-order valence-corrected chi connectivity index (χ4v) is 6.67. The Bertz CT molecular complexity index is 1520. The van der Waals surface area contributed by atoms with Gasteiger partial charge in [0.2, 0.25) is 0 Å². The van der Waals surface area contributed by atoms with Gasteiger partial charge in [0.05, 0.1) is 19.8 Å². The molecule has 15 nitrogen and oxygen atoms in total. The molecule has 374 valence electrons. The topological polar surface area (TPSA) is 231 Å². The highest BCUT2D eigenvalue weighted by Gasteiger charge is 2.47. The summed E-state index contributed by atoms with van der Waals surface area (Å²) in [5.74, 6) is -1.04. The first kappa shape index (κ1) is 58.5. The summed E-state index contributed by atoms with van der Waals surface area (Å²) in [6.45, 7) is 2.23. The molecule has 2 heterocycles. The van der Waals surface area contributed by atoms with Gasteiger partial charge in [-0.3, -0.25) is 9.59 Å². The van der Waals surface area contributed by atoms with Crippen molar-refractivity contribution < 1.29 is 73.8 Å². The third kappa shape index (κ3) is 25.5. The SMILES string of the molecule is CC/C=C\C/C=C\C/C=C\C/C=C\CCCCC(=O)OC[C@H](CO[C@@H]1O[C@H](CO[C@H]2O[C@@H](CO)[C@H](O)[C@@H](O)[C@@H]2O)[C@@H](O)[C@H](O)[C@H]1O)OC(=O)CCCC/C=C\C/C=C\C/C=C\C/C=C\CC. The van der Waals surface area contributed by atoms with E-state index in [2.05, 4.69) is 111 Å². The van der Waals surface area contributed by atoms with E-state index in [1.807, 2.05) is 0 Å². The Balaban J connectivity index is 1.88. The van der Waals surface area contributed by atoms with Gasteiger partial charge in [-0.25, -0.2) is 0 Å². The molecule has 2 saturated heterocycles. The zero-order valence-electron chi connectivity index (χ0n) is 39.1. The number of hydrogen-bond acceptors (Lipinski definition) is 15. The van der Waals surface area contributed by atoms with Crippen LogP contribution < -0.4 is 0 Å². The molecule has 2 aliphatic heterocycles. The molecule has 15 heteroatoms. The van der Waals surface area contributed by atoms with Gasteiger partial charge in [0, 0.05) is 12.8 Å². The third-order valence-electron chi connectivity index (χ3n) is 10.6. The van der Waals surface area contributed by atoms with Crippen molar-refractivity contribution in [1.29, 1.82) is 0 Å². The van der Waals surface area contributed by atoms with Gasteiger partial charge in [-0.15, -0.1) is 0 Å². The maximum absolute atomic E-state index is 13.0. The Kier molecular flexibility index (Phi) is 33.2. The first-order valence-electron chi connectivity index (χ1n) is 23.8. The summed E-state index contributed by atoms with van der Waals surface area (Å²) in [5.41, 5.74) is 0. The lowest BCUT2D eigenvalue weighted by atomic mass is 9.98. The van der Waals surface area contributed by atoms with E-state index in [1.165, 1.54) is 0 Å². The van der Waals surface area contributed by atoms with Gasteiger partial charge in [-0.2, -0.15) is 0 Å². The molecule has 0 radical (unpaired) electrons. The lowest BCUT2D eigenvalue weighted by Crippen LogP contribution is -2.61. The van der Waals surface area contributed by atoms with Crippen LogP contribution in [0, 0.1) is 0 Å². The molecule has 0 aromatic heterocycles. The number of carbonyl (C=O) groups excluding carboxylic acids is 2. The summed E-state index contributed by atoms with van der Waals surface area (Å²) in [6.07, 6.45) is 28.8. The van der Waals surface area contributed by atoms with Crippen molar-refractivity contribution in [2.24, 2.45) is 0 Å². The van der Waals surface area contributed by atoms with Crippen molar-refractivity contribution in [3.05, 3.63) is 97.2 Å². The Morgan fingerprint density at radius 3 is 1.36 bits per heavy atom. The van der Waals surface area contributed by atoms with E-state index in [-0.39, 0.29) is 19.4 Å². The summed E-state index contributed by atoms with van der Waals surface area (Å²) in [6, 6.07) is 0. The molecule has 0 aliphatic carbocycles. The van der Waals surface area contributed by atoms with E-state index in [1.54, 1.807) is 0 Å². The fourth-order valence-electron chi connectivity index (χ4n) is 6.67. The van der Waals surface area contributed by atoms with E-state index < -0.39 is 99.3 Å². The molecule has 0 bridgehead atoms. The second kappa shape index (κ2) is 37.4. The van der Waals surface area contributed by atoms with E-state index in [4.69, 9.17) is 28.4 Å². The number of rotatable bonds is 34. The molecule has 2 fully saturated rings. The minimum absolute atomic E-state index is 0.0973. The summed E-state index contributed by atoms with van der Waals surface area (Å²) < 4.78 is 33.4. The van der Waals surface area contributed by atoms with E-state index in [0.29, 0.717) is 12.8 Å². The molecule has 0 amide bonds. The van der Waals surface area contributed by atoms with E-state index in [9.17, 15) is 45.3 Å². The second-order valence-electron chi connectivity index (χ2n) is 16.2. The molecule has 0 unspecified atom stereocenters. The van der Waals surface area contributed by atoms with E-state index in [0.717, 1.165) is 77.0 Å². The van der Waals surface area contributed by atoms with Crippen LogP contribution in [0.1, 0.15) is 117 Å². The first-order valence-corrected chi connectivity index (χ1v) is 23.8. The molecule has 0 aromatic carbocycles. The minimum atomic E-state index is -1.78. The summed E-state index contributed by atoms with van der Waals surface area (Å²) in [7, 11) is 0. The van der Waals surface area contributed by atoms with Gasteiger partial charge in [0.15, 0.2) is 18.7 Å². The van der Waals surface area contributed by atoms with Gasteiger partial charge >= 0.3 is 11.9 Å². The highest BCUT2D eigenvalue weighted by molar-refractivity contribution is 5.70. The predicted molar refractivity (Wildman–Crippen MR) is 252 cm³/mol. The van der Waals surface area contributed by atoms with Gasteiger partial charge in [0.1, 0.15) is 55.4 Å². The van der Waals surface area contributed by atoms with Crippen molar-refractivity contribution in [1.82, 2.24) is 0 Å². The van der Waals surface area contributed by atoms with Crippen molar-refractivity contribution in [2.45, 2.75) is 184 Å². The maximum Gasteiger partial charge on any atom is 0.306 e. The molecule has 11 atom stereocenters. The number of aliphatic hydroxyl groups is 7. The van der Waals surface area contributed by atoms with Gasteiger partial charge in [-0.1, -0.05) is 111 Å². The highest BCUT2D eigenvalue weighted by atomic mass is 16.7. The maximum atomic E-state index is 13.0. The standard InChI is InChI=1S/C51H80O15/c1-3-5-7-9-11-13-15-17-19-21-23-25-27-29-31-33-42(53)61-36-39(64-43(54)34-32-30-28-26-24-22-20-18-16-14-12-10-8-6-4-2)37-62-50-49(60)47(58)45(56)41(66-50)38-63-51-48(59)46(57)44(55)40(35-52)65-51/h5-8,11-14,17-20,23-26,39-41,44-52,55-60H,3-4,9-10,15-16,21-22,27-38H2,1-2H3/b7-5-,8-6-,13-11-,14-12-,19-17-,20-18-,25-23-,26-24-/t39-,40+,41-,44+,45-,46-,47+,48+,49-,50-,51+/m1/s1. The number of aliphatic hydroxyl groups excluding tert-OH is 7. The Hall–Kier alpha value is -3.58. The Morgan fingerprint density at radius 2 is 0.894 bits per heavy atom. The first-order chi connectivity index (χ1) is 32.0. The van der Waals surface area contributed by atoms with Crippen molar-refractivity contribution in [3.8, 4) is 0 Å². The number of hydrogen-bond donors (Lipinski definition) is 7. The van der Waals surface area contributed by atoms with Crippen LogP contribution >= 0.6 is 0 Å². The van der Waals surface area contributed by atoms with Gasteiger partial charge < -0.3 is 64.2 Å². The molecule has 7 N–H and O–H groups in total. The molecule has 66 heavy (non-hydrogen) atoms. The summed E-state index contributed by atoms with van der Waals surface area (Å²) >= 11 is 0. The number of esters is 2. The molecular weight excluding hydrogens is 853 g/mol. The van der Waals surface area contributed by atoms with Crippen molar-refractivity contribution in [3.63, 3.8) is 0 Å². The summed E-state index contributed by atoms with van der Waals surface area (Å²) in [4.78, 5) is 25.7. The Labute approximate surface area is 392 Å². The van der Waals surface area contributed by atoms with Crippen LogP contribution in [0.3, 0.4) is 0 Å². The fraction of sp³-hybridized carbons (Fsp3) is 0.647. The lowest BCUT2D eigenvalue weighted by molar-refractivity contribution is -0.332. The lowest BCUT2D eigenvalue weighted by Gasteiger charge is -2.42. The second-order valence-corrected chi connectivity index (χ2v) is 16.2. The number of allylic oxidation sites excluding steroid dienone is 16. The normalized spacial score (nSPS) is 27.0. The number of ether oxygens (including phenoxy) is 6. The van der Waals surface area contributed by atoms with E-state index >= 15 is 0 Å². The largest absolute Gasteiger partial charge is 0.462 e. The predicted octanol–water partition coefficient (Wildman–Crippen LogP) is 5.81.